The Kier molecular flexibility index (Phi) is 4.98. The molecular weight excluding hydrogens is 254 g/mol. The molecule has 1 aliphatic rings. The number of anilines is 1. The van der Waals surface area contributed by atoms with Crippen LogP contribution in [0.2, 0.25) is 0 Å². The highest BCUT2D eigenvalue weighted by Gasteiger charge is 2.28. The lowest BCUT2D eigenvalue weighted by Gasteiger charge is -2.07. The summed E-state index contributed by atoms with van der Waals surface area (Å²) >= 11 is 0. The van der Waals surface area contributed by atoms with Crippen LogP contribution in [0.1, 0.15) is 24.8 Å². The number of hydrogen-bond acceptors (Lipinski definition) is 3. The van der Waals surface area contributed by atoms with Crippen LogP contribution in [0.15, 0.2) is 24.3 Å². The van der Waals surface area contributed by atoms with Crippen molar-refractivity contribution in [3.8, 4) is 0 Å². The van der Waals surface area contributed by atoms with Crippen molar-refractivity contribution in [1.29, 1.82) is 0 Å². The molecule has 0 unspecified atom stereocenters. The molecule has 20 heavy (non-hydrogen) atoms. The van der Waals surface area contributed by atoms with Crippen molar-refractivity contribution in [1.82, 2.24) is 10.6 Å². The van der Waals surface area contributed by atoms with E-state index in [1.807, 2.05) is 24.3 Å². The molecule has 1 fully saturated rings. The molecule has 0 heterocycles. The lowest BCUT2D eigenvalue weighted by Crippen LogP contribution is -2.35. The first-order chi connectivity index (χ1) is 9.65. The molecule has 2 amide bonds. The van der Waals surface area contributed by atoms with Gasteiger partial charge >= 0.3 is 0 Å². The van der Waals surface area contributed by atoms with Gasteiger partial charge in [0.1, 0.15) is 0 Å². The molecule has 108 valence electrons. The number of nitrogens with one attached hydrogen (secondary N) is 2. The summed E-state index contributed by atoms with van der Waals surface area (Å²) in [7, 11) is 0. The Morgan fingerprint density at radius 2 is 1.75 bits per heavy atom. The van der Waals surface area contributed by atoms with Gasteiger partial charge in [-0.1, -0.05) is 12.1 Å². The molecule has 1 aromatic rings. The summed E-state index contributed by atoms with van der Waals surface area (Å²) in [6.45, 7) is 0.988. The minimum absolute atomic E-state index is 0.00231. The lowest BCUT2D eigenvalue weighted by atomic mass is 10.1. The standard InChI is InChI=1S/C15H21N3O2/c16-13-6-1-11(2-7-13)3-8-14(19)17-9-10-18-15(20)12-4-5-12/h1-2,6-7,12H,3-5,8-10,16H2,(H,17,19)(H,18,20). The molecule has 0 bridgehead atoms. The summed E-state index contributed by atoms with van der Waals surface area (Å²) in [5, 5.41) is 5.61. The fourth-order valence-corrected chi connectivity index (χ4v) is 1.91. The van der Waals surface area contributed by atoms with Gasteiger partial charge in [0, 0.05) is 31.1 Å². The van der Waals surface area contributed by atoms with Crippen LogP contribution in [0.25, 0.3) is 0 Å². The number of aryl methyl sites for hydroxylation is 1. The van der Waals surface area contributed by atoms with E-state index in [4.69, 9.17) is 5.73 Å². The number of hydrogen-bond donors (Lipinski definition) is 3. The van der Waals surface area contributed by atoms with Gasteiger partial charge in [0.25, 0.3) is 0 Å². The van der Waals surface area contributed by atoms with Gasteiger partial charge in [0.05, 0.1) is 0 Å². The number of carbonyl (C=O) groups is 2. The summed E-state index contributed by atoms with van der Waals surface area (Å²) < 4.78 is 0. The molecule has 5 heteroatoms. The maximum absolute atomic E-state index is 11.6. The molecule has 1 saturated carbocycles. The van der Waals surface area contributed by atoms with E-state index in [9.17, 15) is 9.59 Å². The third kappa shape index (κ3) is 4.91. The number of benzene rings is 1. The fraction of sp³-hybridized carbons (Fsp3) is 0.467. The van der Waals surface area contributed by atoms with Gasteiger partial charge in [-0.15, -0.1) is 0 Å². The highest BCUT2D eigenvalue weighted by molar-refractivity contribution is 5.81. The Morgan fingerprint density at radius 1 is 1.10 bits per heavy atom. The van der Waals surface area contributed by atoms with Crippen LogP contribution >= 0.6 is 0 Å². The minimum atomic E-state index is 0.00231. The van der Waals surface area contributed by atoms with Crippen LogP contribution in [0.4, 0.5) is 5.69 Å². The van der Waals surface area contributed by atoms with Crippen molar-refractivity contribution in [3.05, 3.63) is 29.8 Å². The van der Waals surface area contributed by atoms with Crippen molar-refractivity contribution in [2.75, 3.05) is 18.8 Å². The molecule has 0 aliphatic heterocycles. The van der Waals surface area contributed by atoms with E-state index < -0.39 is 0 Å². The van der Waals surface area contributed by atoms with Crippen molar-refractivity contribution >= 4 is 17.5 Å². The van der Waals surface area contributed by atoms with Gasteiger partial charge in [0.2, 0.25) is 11.8 Å². The van der Waals surface area contributed by atoms with Crippen LogP contribution in [0, 0.1) is 5.92 Å². The fourth-order valence-electron chi connectivity index (χ4n) is 1.91. The van der Waals surface area contributed by atoms with Gasteiger partial charge in [0.15, 0.2) is 0 Å². The number of nitrogen functional groups attached to an aromatic ring is 1. The average molecular weight is 275 g/mol. The van der Waals surface area contributed by atoms with Gasteiger partial charge < -0.3 is 16.4 Å². The number of rotatable bonds is 7. The van der Waals surface area contributed by atoms with E-state index in [1.54, 1.807) is 0 Å². The summed E-state index contributed by atoms with van der Waals surface area (Å²) in [6, 6.07) is 7.53. The van der Waals surface area contributed by atoms with Crippen LogP contribution < -0.4 is 16.4 Å². The first-order valence-corrected chi connectivity index (χ1v) is 7.04. The molecule has 5 nitrogen and oxygen atoms in total. The SMILES string of the molecule is Nc1ccc(CCC(=O)NCCNC(=O)C2CC2)cc1. The van der Waals surface area contributed by atoms with E-state index in [-0.39, 0.29) is 17.7 Å². The zero-order chi connectivity index (χ0) is 14.4. The van der Waals surface area contributed by atoms with Crippen molar-refractivity contribution in [3.63, 3.8) is 0 Å². The van der Waals surface area contributed by atoms with Crippen molar-refractivity contribution in [2.45, 2.75) is 25.7 Å². The van der Waals surface area contributed by atoms with Crippen molar-refractivity contribution < 1.29 is 9.59 Å². The zero-order valence-electron chi connectivity index (χ0n) is 11.5. The van der Waals surface area contributed by atoms with Crippen LogP contribution in [-0.4, -0.2) is 24.9 Å². The molecule has 0 radical (unpaired) electrons. The molecule has 0 saturated heterocycles. The number of nitrogens with two attached hydrogens (primary N) is 1. The lowest BCUT2D eigenvalue weighted by molar-refractivity contribution is -0.123. The second-order valence-corrected chi connectivity index (χ2v) is 5.16. The normalized spacial score (nSPS) is 13.8. The molecule has 0 aromatic heterocycles. The maximum atomic E-state index is 11.6. The summed E-state index contributed by atoms with van der Waals surface area (Å²) in [6.07, 6.45) is 3.14. The highest BCUT2D eigenvalue weighted by Crippen LogP contribution is 2.28. The molecule has 2 rings (SSSR count). The summed E-state index contributed by atoms with van der Waals surface area (Å²) in [5.74, 6) is 0.333. The highest BCUT2D eigenvalue weighted by atomic mass is 16.2. The van der Waals surface area contributed by atoms with E-state index in [0.29, 0.717) is 25.9 Å². The monoisotopic (exact) mass is 275 g/mol. The first-order valence-electron chi connectivity index (χ1n) is 7.04. The van der Waals surface area contributed by atoms with Crippen LogP contribution in [0.3, 0.4) is 0 Å². The Balaban J connectivity index is 1.55. The second-order valence-electron chi connectivity index (χ2n) is 5.16. The van der Waals surface area contributed by atoms with E-state index >= 15 is 0 Å². The van der Waals surface area contributed by atoms with E-state index in [2.05, 4.69) is 10.6 Å². The molecule has 0 spiro atoms. The van der Waals surface area contributed by atoms with Crippen molar-refractivity contribution in [2.24, 2.45) is 5.92 Å². The zero-order valence-corrected chi connectivity index (χ0v) is 11.5. The first kappa shape index (κ1) is 14.4. The molecule has 1 aliphatic carbocycles. The quantitative estimate of drug-likeness (QED) is 0.509. The maximum Gasteiger partial charge on any atom is 0.223 e. The van der Waals surface area contributed by atoms with E-state index in [1.165, 1.54) is 0 Å². The summed E-state index contributed by atoms with van der Waals surface area (Å²) in [4.78, 5) is 23.0. The third-order valence-corrected chi connectivity index (χ3v) is 3.31. The molecule has 1 aromatic carbocycles. The molecule has 0 atom stereocenters. The predicted molar refractivity (Wildman–Crippen MR) is 77.9 cm³/mol. The third-order valence-electron chi connectivity index (χ3n) is 3.31. The number of carbonyl (C=O) groups excluding carboxylic acids is 2. The predicted octanol–water partition coefficient (Wildman–Crippen LogP) is 0.844. The smallest absolute Gasteiger partial charge is 0.223 e. The van der Waals surface area contributed by atoms with Gasteiger partial charge in [-0.25, -0.2) is 0 Å². The Morgan fingerprint density at radius 3 is 2.40 bits per heavy atom. The molecular formula is C15H21N3O2. The average Bonchev–Trinajstić information content (AvgIpc) is 3.27. The minimum Gasteiger partial charge on any atom is -0.399 e. The Labute approximate surface area is 118 Å². The van der Waals surface area contributed by atoms with Crippen LogP contribution in [0.5, 0.6) is 0 Å². The number of amides is 2. The van der Waals surface area contributed by atoms with Gasteiger partial charge in [-0.2, -0.15) is 0 Å². The molecule has 4 N–H and O–H groups in total. The second kappa shape index (κ2) is 6.93. The largest absolute Gasteiger partial charge is 0.399 e. The topological polar surface area (TPSA) is 84.2 Å². The summed E-state index contributed by atoms with van der Waals surface area (Å²) in [5.41, 5.74) is 7.42. The van der Waals surface area contributed by atoms with Crippen LogP contribution in [-0.2, 0) is 16.0 Å². The van der Waals surface area contributed by atoms with Gasteiger partial charge in [-0.05, 0) is 37.0 Å². The van der Waals surface area contributed by atoms with Gasteiger partial charge in [-0.3, -0.25) is 9.59 Å². The Hall–Kier alpha value is -2.04. The Bertz CT molecular complexity index is 467. The van der Waals surface area contributed by atoms with E-state index in [0.717, 1.165) is 24.1 Å².